The second-order valence-electron chi connectivity index (χ2n) is 7.53. The number of anilines is 3. The summed E-state index contributed by atoms with van der Waals surface area (Å²) in [5.74, 6) is 1.88. The van der Waals surface area contributed by atoms with Crippen LogP contribution < -0.4 is 16.0 Å². The minimum Gasteiger partial charge on any atom is -0.360 e. The van der Waals surface area contributed by atoms with Crippen LogP contribution in [0.1, 0.15) is 45.9 Å². The van der Waals surface area contributed by atoms with Crippen molar-refractivity contribution in [1.29, 1.82) is 0 Å². The van der Waals surface area contributed by atoms with Crippen LogP contribution in [0.15, 0.2) is 34.9 Å². The molecule has 8 nitrogen and oxygen atoms in total. The predicted octanol–water partition coefficient (Wildman–Crippen LogP) is 3.55. The van der Waals surface area contributed by atoms with Gasteiger partial charge in [0, 0.05) is 42.5 Å². The highest BCUT2D eigenvalue weighted by atomic mass is 16.5. The van der Waals surface area contributed by atoms with E-state index in [4.69, 9.17) is 4.52 Å². The monoisotopic (exact) mass is 406 g/mol. The molecule has 3 N–H and O–H groups in total. The fourth-order valence-corrected chi connectivity index (χ4v) is 3.49. The van der Waals surface area contributed by atoms with Crippen molar-refractivity contribution in [2.75, 3.05) is 23.7 Å². The van der Waals surface area contributed by atoms with Gasteiger partial charge < -0.3 is 20.5 Å². The molecule has 1 amide bonds. The van der Waals surface area contributed by atoms with E-state index in [0.717, 1.165) is 48.4 Å². The van der Waals surface area contributed by atoms with E-state index in [-0.39, 0.29) is 5.91 Å². The quantitative estimate of drug-likeness (QED) is 0.515. The molecule has 0 bridgehead atoms. The van der Waals surface area contributed by atoms with Gasteiger partial charge in [-0.1, -0.05) is 22.9 Å². The number of amides is 1. The van der Waals surface area contributed by atoms with Crippen molar-refractivity contribution in [2.45, 2.75) is 39.5 Å². The Morgan fingerprint density at radius 1 is 1.07 bits per heavy atom. The SMILES string of the molecule is Cc1ccc(Nc2cc(C)nc(NCCNC(=O)c3noc4c3CCCC4)n2)cc1. The van der Waals surface area contributed by atoms with Gasteiger partial charge in [0.1, 0.15) is 11.6 Å². The number of aryl methyl sites for hydroxylation is 3. The summed E-state index contributed by atoms with van der Waals surface area (Å²) in [5.41, 5.74) is 4.39. The Morgan fingerprint density at radius 3 is 2.70 bits per heavy atom. The van der Waals surface area contributed by atoms with E-state index in [0.29, 0.717) is 30.5 Å². The average Bonchev–Trinajstić information content (AvgIpc) is 3.17. The summed E-state index contributed by atoms with van der Waals surface area (Å²) in [7, 11) is 0. The minimum atomic E-state index is -0.199. The molecule has 0 atom stereocenters. The molecule has 0 aliphatic heterocycles. The molecule has 156 valence electrons. The Labute approximate surface area is 175 Å². The number of hydrogen-bond donors (Lipinski definition) is 3. The Morgan fingerprint density at radius 2 is 1.87 bits per heavy atom. The number of hydrogen-bond acceptors (Lipinski definition) is 7. The first-order chi connectivity index (χ1) is 14.6. The number of carbonyl (C=O) groups excluding carboxylic acids is 1. The Kier molecular flexibility index (Phi) is 5.92. The highest BCUT2D eigenvalue weighted by molar-refractivity contribution is 5.93. The van der Waals surface area contributed by atoms with Crippen molar-refractivity contribution in [3.8, 4) is 0 Å². The normalized spacial score (nSPS) is 12.9. The van der Waals surface area contributed by atoms with Crippen LogP contribution in [0.3, 0.4) is 0 Å². The molecule has 0 saturated carbocycles. The molecule has 0 fully saturated rings. The molecule has 0 radical (unpaired) electrons. The van der Waals surface area contributed by atoms with E-state index in [9.17, 15) is 4.79 Å². The molecule has 30 heavy (non-hydrogen) atoms. The molecule has 8 heteroatoms. The third kappa shape index (κ3) is 4.76. The van der Waals surface area contributed by atoms with Gasteiger partial charge >= 0.3 is 0 Å². The number of nitrogens with zero attached hydrogens (tertiary/aromatic N) is 3. The third-order valence-corrected chi connectivity index (χ3v) is 5.04. The lowest BCUT2D eigenvalue weighted by atomic mass is 9.96. The summed E-state index contributed by atoms with van der Waals surface area (Å²) in [4.78, 5) is 21.3. The topological polar surface area (TPSA) is 105 Å². The lowest BCUT2D eigenvalue weighted by Crippen LogP contribution is -2.30. The lowest BCUT2D eigenvalue weighted by Gasteiger charge is -2.11. The van der Waals surface area contributed by atoms with E-state index in [1.54, 1.807) is 0 Å². The van der Waals surface area contributed by atoms with Gasteiger partial charge in [0.25, 0.3) is 5.91 Å². The van der Waals surface area contributed by atoms with Crippen molar-refractivity contribution < 1.29 is 9.32 Å². The number of benzene rings is 1. The molecule has 0 unspecified atom stereocenters. The standard InChI is InChI=1S/C22H26N6O2/c1-14-7-9-16(10-8-14)26-19-13-15(2)25-22(27-19)24-12-11-23-21(29)20-17-5-3-4-6-18(17)30-28-20/h7-10,13H,3-6,11-12H2,1-2H3,(H,23,29)(H2,24,25,26,27). The second kappa shape index (κ2) is 8.94. The van der Waals surface area contributed by atoms with Crippen LogP contribution in [-0.2, 0) is 12.8 Å². The van der Waals surface area contributed by atoms with E-state index >= 15 is 0 Å². The van der Waals surface area contributed by atoms with Gasteiger partial charge in [0.05, 0.1) is 0 Å². The Balaban J connectivity index is 1.30. The van der Waals surface area contributed by atoms with Crippen molar-refractivity contribution >= 4 is 23.4 Å². The van der Waals surface area contributed by atoms with E-state index < -0.39 is 0 Å². The van der Waals surface area contributed by atoms with Gasteiger partial charge in [0.15, 0.2) is 5.69 Å². The largest absolute Gasteiger partial charge is 0.360 e. The summed E-state index contributed by atoms with van der Waals surface area (Å²) in [5, 5.41) is 13.3. The van der Waals surface area contributed by atoms with Crippen molar-refractivity contribution in [3.05, 3.63) is 58.6 Å². The number of aromatic nitrogens is 3. The molecule has 4 rings (SSSR count). The fourth-order valence-electron chi connectivity index (χ4n) is 3.49. The summed E-state index contributed by atoms with van der Waals surface area (Å²) < 4.78 is 5.31. The van der Waals surface area contributed by atoms with Gasteiger partial charge in [0.2, 0.25) is 5.95 Å². The Hall–Kier alpha value is -3.42. The summed E-state index contributed by atoms with van der Waals surface area (Å²) in [6.07, 6.45) is 3.87. The molecule has 1 aliphatic carbocycles. The predicted molar refractivity (Wildman–Crippen MR) is 115 cm³/mol. The Bertz CT molecular complexity index is 1030. The van der Waals surface area contributed by atoms with Crippen LogP contribution in [0.4, 0.5) is 17.5 Å². The van der Waals surface area contributed by atoms with Gasteiger partial charge in [-0.2, -0.15) is 4.98 Å². The third-order valence-electron chi connectivity index (χ3n) is 5.04. The summed E-state index contributed by atoms with van der Waals surface area (Å²) in [6, 6.07) is 10.0. The maximum absolute atomic E-state index is 12.4. The highest BCUT2D eigenvalue weighted by Gasteiger charge is 2.23. The number of carbonyl (C=O) groups is 1. The van der Waals surface area contributed by atoms with Crippen molar-refractivity contribution in [3.63, 3.8) is 0 Å². The summed E-state index contributed by atoms with van der Waals surface area (Å²) in [6.45, 7) is 4.90. The maximum atomic E-state index is 12.4. The van der Waals surface area contributed by atoms with Crippen LogP contribution >= 0.6 is 0 Å². The number of rotatable bonds is 7. The van der Waals surface area contributed by atoms with E-state index in [1.165, 1.54) is 5.56 Å². The van der Waals surface area contributed by atoms with E-state index in [1.807, 2.05) is 37.3 Å². The molecular formula is C22H26N6O2. The first kappa shape index (κ1) is 19.9. The maximum Gasteiger partial charge on any atom is 0.273 e. The highest BCUT2D eigenvalue weighted by Crippen LogP contribution is 2.24. The first-order valence-corrected chi connectivity index (χ1v) is 10.3. The molecule has 2 heterocycles. The first-order valence-electron chi connectivity index (χ1n) is 10.3. The van der Waals surface area contributed by atoms with Crippen molar-refractivity contribution in [1.82, 2.24) is 20.4 Å². The molecular weight excluding hydrogens is 380 g/mol. The van der Waals surface area contributed by atoms with Crippen molar-refractivity contribution in [2.24, 2.45) is 0 Å². The van der Waals surface area contributed by atoms with Crippen LogP contribution in [0.5, 0.6) is 0 Å². The summed E-state index contributed by atoms with van der Waals surface area (Å²) >= 11 is 0. The zero-order chi connectivity index (χ0) is 20.9. The molecule has 0 saturated heterocycles. The minimum absolute atomic E-state index is 0.199. The van der Waals surface area contributed by atoms with Crippen LogP contribution in [0.25, 0.3) is 0 Å². The van der Waals surface area contributed by atoms with E-state index in [2.05, 4.69) is 38.0 Å². The van der Waals surface area contributed by atoms with Gasteiger partial charge in [-0.3, -0.25) is 4.79 Å². The van der Waals surface area contributed by atoms with Gasteiger partial charge in [-0.25, -0.2) is 4.98 Å². The zero-order valence-corrected chi connectivity index (χ0v) is 17.3. The zero-order valence-electron chi connectivity index (χ0n) is 17.3. The molecule has 0 spiro atoms. The molecule has 1 aromatic carbocycles. The lowest BCUT2D eigenvalue weighted by molar-refractivity contribution is 0.0945. The van der Waals surface area contributed by atoms with Gasteiger partial charge in [-0.15, -0.1) is 0 Å². The number of fused-ring (bicyclic) bond motifs is 1. The second-order valence-corrected chi connectivity index (χ2v) is 7.53. The molecule has 3 aromatic rings. The smallest absolute Gasteiger partial charge is 0.273 e. The molecule has 1 aliphatic rings. The number of nitrogens with one attached hydrogen (secondary N) is 3. The van der Waals surface area contributed by atoms with Crippen LogP contribution in [-0.4, -0.2) is 34.1 Å². The average molecular weight is 406 g/mol. The van der Waals surface area contributed by atoms with Crippen LogP contribution in [0, 0.1) is 13.8 Å². The van der Waals surface area contributed by atoms with Crippen LogP contribution in [0.2, 0.25) is 0 Å². The fraction of sp³-hybridized carbons (Fsp3) is 0.364. The molecule has 2 aromatic heterocycles. The van der Waals surface area contributed by atoms with Gasteiger partial charge in [-0.05, 0) is 45.2 Å².